The zero-order valence-electron chi connectivity index (χ0n) is 21.2. The van der Waals surface area contributed by atoms with Crippen molar-refractivity contribution >= 4 is 46.9 Å². The molecular weight excluding hydrogens is 500 g/mol. The second kappa shape index (κ2) is 11.1. The molecule has 0 saturated carbocycles. The highest BCUT2D eigenvalue weighted by Gasteiger charge is 2.40. The predicted octanol–water partition coefficient (Wildman–Crippen LogP) is 4.47. The molecule has 11 heteroatoms. The Morgan fingerprint density at radius 3 is 2.42 bits per heavy atom. The first-order valence-electron chi connectivity index (χ1n) is 12.2. The summed E-state index contributed by atoms with van der Waals surface area (Å²) in [7, 11) is 0. The lowest BCUT2D eigenvalue weighted by Crippen LogP contribution is -2.57. The molecule has 1 saturated heterocycles. The van der Waals surface area contributed by atoms with E-state index in [1.165, 1.54) is 0 Å². The normalized spacial score (nSPS) is 17.6. The smallest absolute Gasteiger partial charge is 0.410 e. The minimum atomic E-state index is -0.675. The molecule has 4 rings (SSSR count). The van der Waals surface area contributed by atoms with Gasteiger partial charge in [-0.3, -0.25) is 4.79 Å². The van der Waals surface area contributed by atoms with Crippen molar-refractivity contribution in [1.29, 1.82) is 0 Å². The third-order valence-electron chi connectivity index (χ3n) is 5.80. The molecule has 0 spiro atoms. The zero-order valence-corrected chi connectivity index (χ0v) is 22.7. The molecular formula is C25H33ClN6O3S. The number of halogens is 1. The number of benzene rings is 1. The molecule has 1 aromatic heterocycles. The van der Waals surface area contributed by atoms with Crippen LogP contribution in [0.2, 0.25) is 5.15 Å². The van der Waals surface area contributed by atoms with Crippen molar-refractivity contribution in [2.75, 3.05) is 42.1 Å². The Kier molecular flexibility index (Phi) is 8.14. The molecule has 1 fully saturated rings. The highest BCUT2D eigenvalue weighted by atomic mass is 35.5. The van der Waals surface area contributed by atoms with Gasteiger partial charge in [-0.1, -0.05) is 60.6 Å². The van der Waals surface area contributed by atoms with Gasteiger partial charge >= 0.3 is 6.09 Å². The van der Waals surface area contributed by atoms with Gasteiger partial charge in [0.05, 0.1) is 0 Å². The van der Waals surface area contributed by atoms with Crippen molar-refractivity contribution in [3.8, 4) is 0 Å². The zero-order chi connectivity index (χ0) is 25.9. The third-order valence-corrected chi connectivity index (χ3v) is 7.12. The molecule has 0 aliphatic carbocycles. The molecule has 2 amide bonds. The van der Waals surface area contributed by atoms with Crippen LogP contribution < -0.4 is 10.2 Å². The average molecular weight is 533 g/mol. The lowest BCUT2D eigenvalue weighted by Gasteiger charge is -2.37. The number of rotatable bonds is 6. The minimum Gasteiger partial charge on any atom is -0.444 e. The first-order chi connectivity index (χ1) is 17.2. The van der Waals surface area contributed by atoms with Gasteiger partial charge in [0, 0.05) is 38.5 Å². The number of fused-ring (bicyclic) bond motifs is 1. The summed E-state index contributed by atoms with van der Waals surface area (Å²) >= 11 is 8.10. The van der Waals surface area contributed by atoms with E-state index in [0.29, 0.717) is 54.5 Å². The largest absolute Gasteiger partial charge is 0.444 e. The van der Waals surface area contributed by atoms with Gasteiger partial charge in [-0.2, -0.15) is 0 Å². The van der Waals surface area contributed by atoms with Gasteiger partial charge in [0.1, 0.15) is 11.3 Å². The molecule has 1 aromatic carbocycles. The summed E-state index contributed by atoms with van der Waals surface area (Å²) in [6.07, 6.45) is -0.0390. The van der Waals surface area contributed by atoms with Gasteiger partial charge in [0.2, 0.25) is 0 Å². The van der Waals surface area contributed by atoms with E-state index >= 15 is 0 Å². The van der Waals surface area contributed by atoms with E-state index in [1.807, 2.05) is 56.0 Å². The van der Waals surface area contributed by atoms with Crippen LogP contribution in [0.1, 0.15) is 39.7 Å². The highest BCUT2D eigenvalue weighted by Crippen LogP contribution is 2.40. The number of hydrogen-bond donors (Lipinski definition) is 1. The minimum absolute atomic E-state index is 0.0911. The number of ether oxygens (including phenoxy) is 1. The lowest BCUT2D eigenvalue weighted by atomic mass is 10.2. The molecule has 3 heterocycles. The number of anilines is 2. The Bertz CT molecular complexity index is 1090. The van der Waals surface area contributed by atoms with Crippen molar-refractivity contribution in [2.45, 2.75) is 57.6 Å². The summed E-state index contributed by atoms with van der Waals surface area (Å²) in [6, 6.07) is 9.96. The van der Waals surface area contributed by atoms with Crippen LogP contribution in [0.4, 0.5) is 16.3 Å². The van der Waals surface area contributed by atoms with Crippen LogP contribution in [0.25, 0.3) is 0 Å². The summed E-state index contributed by atoms with van der Waals surface area (Å²) in [4.78, 5) is 40.8. The van der Waals surface area contributed by atoms with Crippen LogP contribution in [-0.2, 0) is 16.1 Å². The quantitative estimate of drug-likeness (QED) is 0.331. The fourth-order valence-corrected chi connectivity index (χ4v) is 5.04. The number of carbonyl (C=O) groups excluding carboxylic acids is 2. The monoisotopic (exact) mass is 532 g/mol. The Morgan fingerprint density at radius 2 is 1.78 bits per heavy atom. The fourth-order valence-electron chi connectivity index (χ4n) is 4.08. The molecule has 0 radical (unpaired) electrons. The van der Waals surface area contributed by atoms with Crippen LogP contribution in [-0.4, -0.2) is 75.5 Å². The standard InChI is InChI=1S/C25H33ClN6O3S/c1-5-15-36-23-28-19(26)18-20(29-23)32(16-17-9-7-6-8-10-17)21(27-18)22(33)30-11-13-31(14-12-30)24(34)35-25(2,3)4/h6-10,21,27H,5,11-16H2,1-4H3. The van der Waals surface area contributed by atoms with Gasteiger partial charge in [-0.15, -0.1) is 0 Å². The molecule has 2 aliphatic rings. The van der Waals surface area contributed by atoms with Crippen molar-refractivity contribution in [2.24, 2.45) is 0 Å². The van der Waals surface area contributed by atoms with Crippen molar-refractivity contribution in [1.82, 2.24) is 19.8 Å². The summed E-state index contributed by atoms with van der Waals surface area (Å²) in [5, 5.41) is 4.19. The maximum Gasteiger partial charge on any atom is 0.410 e. The first kappa shape index (κ1) is 26.3. The molecule has 36 heavy (non-hydrogen) atoms. The summed E-state index contributed by atoms with van der Waals surface area (Å²) in [6.45, 7) is 9.78. The molecule has 1 atom stereocenters. The Balaban J connectivity index is 1.53. The van der Waals surface area contributed by atoms with Crippen molar-refractivity contribution in [3.63, 3.8) is 0 Å². The molecule has 0 bridgehead atoms. The number of piperazine rings is 1. The van der Waals surface area contributed by atoms with Gasteiger partial charge in [-0.05, 0) is 32.8 Å². The van der Waals surface area contributed by atoms with Crippen molar-refractivity contribution < 1.29 is 14.3 Å². The van der Waals surface area contributed by atoms with Gasteiger partial charge in [-0.25, -0.2) is 14.8 Å². The van der Waals surface area contributed by atoms with E-state index in [1.54, 1.807) is 21.6 Å². The fraction of sp³-hybridized carbons (Fsp3) is 0.520. The number of thioether (sulfide) groups is 1. The van der Waals surface area contributed by atoms with E-state index < -0.39 is 11.8 Å². The van der Waals surface area contributed by atoms with E-state index in [2.05, 4.69) is 17.2 Å². The van der Waals surface area contributed by atoms with Crippen LogP contribution in [0, 0.1) is 0 Å². The van der Waals surface area contributed by atoms with Gasteiger partial charge in [0.15, 0.2) is 22.3 Å². The number of amides is 2. The number of nitrogens with zero attached hydrogens (tertiary/aromatic N) is 5. The Hall–Kier alpha value is -2.72. The average Bonchev–Trinajstić information content (AvgIpc) is 3.20. The number of carbonyl (C=O) groups is 2. The topological polar surface area (TPSA) is 90.9 Å². The summed E-state index contributed by atoms with van der Waals surface area (Å²) in [5.41, 5.74) is 1.06. The van der Waals surface area contributed by atoms with Crippen molar-refractivity contribution in [3.05, 3.63) is 41.0 Å². The third kappa shape index (κ3) is 6.15. The van der Waals surface area contributed by atoms with E-state index in [9.17, 15) is 9.59 Å². The van der Waals surface area contributed by atoms with E-state index in [-0.39, 0.29) is 12.0 Å². The molecule has 194 valence electrons. The van der Waals surface area contributed by atoms with Crippen LogP contribution >= 0.6 is 23.4 Å². The Labute approximate surface area is 221 Å². The Morgan fingerprint density at radius 1 is 1.11 bits per heavy atom. The maximum atomic E-state index is 13.7. The number of hydrogen-bond acceptors (Lipinski definition) is 8. The van der Waals surface area contributed by atoms with E-state index in [4.69, 9.17) is 21.3 Å². The number of aromatic nitrogens is 2. The molecule has 9 nitrogen and oxygen atoms in total. The molecule has 2 aliphatic heterocycles. The van der Waals surface area contributed by atoms with Gasteiger partial charge < -0.3 is 24.8 Å². The molecule has 1 N–H and O–H groups in total. The van der Waals surface area contributed by atoms with Crippen LogP contribution in [0.5, 0.6) is 0 Å². The molecule has 1 unspecified atom stereocenters. The lowest BCUT2D eigenvalue weighted by molar-refractivity contribution is -0.133. The van der Waals surface area contributed by atoms with Crippen LogP contribution in [0.15, 0.2) is 35.5 Å². The maximum absolute atomic E-state index is 13.7. The van der Waals surface area contributed by atoms with E-state index in [0.717, 1.165) is 17.7 Å². The van der Waals surface area contributed by atoms with Crippen LogP contribution in [0.3, 0.4) is 0 Å². The van der Waals surface area contributed by atoms with Gasteiger partial charge in [0.25, 0.3) is 5.91 Å². The number of nitrogens with one attached hydrogen (secondary N) is 1. The molecule has 2 aromatic rings. The summed E-state index contributed by atoms with van der Waals surface area (Å²) < 4.78 is 5.48. The SMILES string of the molecule is CCCSc1nc(Cl)c2c(n1)N(Cc1ccccc1)C(C(=O)N1CCN(C(=O)OC(C)(C)C)CC1)N2. The highest BCUT2D eigenvalue weighted by molar-refractivity contribution is 7.99. The summed E-state index contributed by atoms with van der Waals surface area (Å²) in [5.74, 6) is 1.42. The second-order valence-electron chi connectivity index (χ2n) is 9.80. The first-order valence-corrected chi connectivity index (χ1v) is 13.6. The predicted molar refractivity (Wildman–Crippen MR) is 142 cm³/mol. The second-order valence-corrected chi connectivity index (χ2v) is 11.2.